The molecule has 2 saturated heterocycles. The van der Waals surface area contributed by atoms with E-state index in [0.29, 0.717) is 29.8 Å². The highest BCUT2D eigenvalue weighted by Crippen LogP contribution is 2.39. The Morgan fingerprint density at radius 3 is 2.65 bits per heavy atom. The summed E-state index contributed by atoms with van der Waals surface area (Å²) in [6, 6.07) is 15.1. The minimum atomic E-state index is -0.395. The van der Waals surface area contributed by atoms with Crippen molar-refractivity contribution >= 4 is 5.97 Å². The van der Waals surface area contributed by atoms with Crippen LogP contribution in [0, 0.1) is 0 Å². The third-order valence-corrected chi connectivity index (χ3v) is 4.93. The van der Waals surface area contributed by atoms with Crippen LogP contribution in [-0.4, -0.2) is 31.4 Å². The van der Waals surface area contributed by atoms with Gasteiger partial charge in [0.15, 0.2) is 11.5 Å². The van der Waals surface area contributed by atoms with E-state index in [2.05, 4.69) is 0 Å². The maximum atomic E-state index is 11.9. The molecule has 0 saturated carbocycles. The van der Waals surface area contributed by atoms with E-state index in [1.165, 1.54) is 7.11 Å². The van der Waals surface area contributed by atoms with Crippen molar-refractivity contribution in [2.75, 3.05) is 7.11 Å². The van der Waals surface area contributed by atoms with Crippen LogP contribution in [0.5, 0.6) is 11.5 Å². The van der Waals surface area contributed by atoms with E-state index in [1.54, 1.807) is 18.2 Å². The summed E-state index contributed by atoms with van der Waals surface area (Å²) in [6.45, 7) is 0.433. The zero-order valence-corrected chi connectivity index (χ0v) is 14.7. The first-order valence-electron chi connectivity index (χ1n) is 8.94. The fraction of sp³-hybridized carbons (Fsp3) is 0.381. The van der Waals surface area contributed by atoms with Crippen molar-refractivity contribution < 1.29 is 23.7 Å². The highest BCUT2D eigenvalue weighted by atomic mass is 16.6. The number of carbonyl (C=O) groups excluding carboxylic acids is 1. The van der Waals surface area contributed by atoms with Gasteiger partial charge in [0.2, 0.25) is 0 Å². The average molecular weight is 354 g/mol. The van der Waals surface area contributed by atoms with Crippen molar-refractivity contribution in [3.63, 3.8) is 0 Å². The van der Waals surface area contributed by atoms with Crippen LogP contribution in [-0.2, 0) is 16.1 Å². The second-order valence-corrected chi connectivity index (χ2v) is 6.69. The van der Waals surface area contributed by atoms with Crippen LogP contribution in [0.4, 0.5) is 0 Å². The standard InChI is InChI=1S/C21H22O5/c1-23-21(22)15-7-9-17(24-13-14-5-3-2-4-6-14)19(11-15)26-20-12-16-8-10-18(20)25-16/h2-7,9,11,16,18,20H,8,10,12-13H2,1H3. The van der Waals surface area contributed by atoms with Crippen LogP contribution in [0.25, 0.3) is 0 Å². The van der Waals surface area contributed by atoms with Gasteiger partial charge in [-0.05, 0) is 36.6 Å². The van der Waals surface area contributed by atoms with Gasteiger partial charge in [0.05, 0.1) is 24.9 Å². The van der Waals surface area contributed by atoms with Gasteiger partial charge in [-0.3, -0.25) is 0 Å². The molecule has 2 aromatic rings. The number of rotatable bonds is 6. The van der Waals surface area contributed by atoms with E-state index in [-0.39, 0.29) is 12.2 Å². The minimum absolute atomic E-state index is 0.000669. The normalized spacial score (nSPS) is 23.7. The van der Waals surface area contributed by atoms with Crippen molar-refractivity contribution in [1.82, 2.24) is 0 Å². The summed E-state index contributed by atoms with van der Waals surface area (Å²) in [4.78, 5) is 11.9. The van der Waals surface area contributed by atoms with Gasteiger partial charge in [-0.2, -0.15) is 0 Å². The largest absolute Gasteiger partial charge is 0.485 e. The smallest absolute Gasteiger partial charge is 0.337 e. The third-order valence-electron chi connectivity index (χ3n) is 4.93. The molecule has 5 heteroatoms. The SMILES string of the molecule is COC(=O)c1ccc(OCc2ccccc2)c(OC2CC3CCC2O3)c1. The number of methoxy groups -OCH3 is 1. The lowest BCUT2D eigenvalue weighted by Gasteiger charge is -2.22. The topological polar surface area (TPSA) is 54.0 Å². The summed E-state index contributed by atoms with van der Waals surface area (Å²) < 4.78 is 22.9. The quantitative estimate of drug-likeness (QED) is 0.740. The molecule has 0 N–H and O–H groups in total. The summed E-state index contributed by atoms with van der Waals surface area (Å²) in [5.74, 6) is 0.780. The number of ether oxygens (including phenoxy) is 4. The van der Waals surface area contributed by atoms with Crippen LogP contribution in [0.1, 0.15) is 35.2 Å². The van der Waals surface area contributed by atoms with Gasteiger partial charge in [0.1, 0.15) is 12.7 Å². The molecule has 5 nitrogen and oxygen atoms in total. The van der Waals surface area contributed by atoms with Crippen LogP contribution >= 0.6 is 0 Å². The molecular formula is C21H22O5. The van der Waals surface area contributed by atoms with Crippen molar-refractivity contribution in [2.45, 2.75) is 44.2 Å². The van der Waals surface area contributed by atoms with E-state index in [4.69, 9.17) is 18.9 Å². The molecule has 0 aromatic heterocycles. The number of fused-ring (bicyclic) bond motifs is 2. The van der Waals surface area contributed by atoms with Gasteiger partial charge in [0, 0.05) is 6.42 Å². The van der Waals surface area contributed by atoms with Crippen LogP contribution in [0.3, 0.4) is 0 Å². The molecule has 2 heterocycles. The molecule has 0 spiro atoms. The van der Waals surface area contributed by atoms with Gasteiger partial charge in [-0.1, -0.05) is 30.3 Å². The summed E-state index contributed by atoms with van der Waals surface area (Å²) in [7, 11) is 1.37. The molecule has 2 aliphatic rings. The van der Waals surface area contributed by atoms with Crippen molar-refractivity contribution in [3.8, 4) is 11.5 Å². The van der Waals surface area contributed by atoms with Crippen molar-refractivity contribution in [1.29, 1.82) is 0 Å². The Morgan fingerprint density at radius 2 is 1.96 bits per heavy atom. The Labute approximate surface area is 152 Å². The zero-order valence-electron chi connectivity index (χ0n) is 14.7. The van der Waals surface area contributed by atoms with E-state index in [0.717, 1.165) is 24.8 Å². The predicted octanol–water partition coefficient (Wildman–Crippen LogP) is 3.75. The lowest BCUT2D eigenvalue weighted by Crippen LogP contribution is -2.28. The van der Waals surface area contributed by atoms with Crippen molar-refractivity contribution in [2.24, 2.45) is 0 Å². The monoisotopic (exact) mass is 354 g/mol. The van der Waals surface area contributed by atoms with Crippen LogP contribution in [0.15, 0.2) is 48.5 Å². The zero-order chi connectivity index (χ0) is 17.9. The number of hydrogen-bond acceptors (Lipinski definition) is 5. The predicted molar refractivity (Wildman–Crippen MR) is 95.5 cm³/mol. The molecule has 26 heavy (non-hydrogen) atoms. The van der Waals surface area contributed by atoms with Gasteiger partial charge in [-0.25, -0.2) is 4.79 Å². The van der Waals surface area contributed by atoms with Crippen LogP contribution in [0.2, 0.25) is 0 Å². The summed E-state index contributed by atoms with van der Waals surface area (Å²) in [6.07, 6.45) is 3.42. The van der Waals surface area contributed by atoms with Gasteiger partial charge in [0.25, 0.3) is 0 Å². The van der Waals surface area contributed by atoms with Gasteiger partial charge in [-0.15, -0.1) is 0 Å². The molecule has 3 atom stereocenters. The van der Waals surface area contributed by atoms with E-state index < -0.39 is 5.97 Å². The van der Waals surface area contributed by atoms with Gasteiger partial charge >= 0.3 is 5.97 Å². The third kappa shape index (κ3) is 3.53. The molecule has 136 valence electrons. The Morgan fingerprint density at radius 1 is 1.12 bits per heavy atom. The number of esters is 1. The molecular weight excluding hydrogens is 332 g/mol. The summed E-state index contributed by atoms with van der Waals surface area (Å²) in [5, 5.41) is 0. The Kier molecular flexibility index (Phi) is 4.80. The maximum Gasteiger partial charge on any atom is 0.337 e. The van der Waals surface area contributed by atoms with Crippen molar-refractivity contribution in [3.05, 3.63) is 59.7 Å². The number of benzene rings is 2. The lowest BCUT2D eigenvalue weighted by molar-refractivity contribution is 0.0592. The first-order chi connectivity index (χ1) is 12.7. The van der Waals surface area contributed by atoms with E-state index in [9.17, 15) is 4.79 Å². The number of carbonyl (C=O) groups is 1. The first kappa shape index (κ1) is 16.9. The molecule has 4 rings (SSSR count). The Bertz CT molecular complexity index is 773. The van der Waals surface area contributed by atoms with E-state index in [1.807, 2.05) is 30.3 Å². The fourth-order valence-corrected chi connectivity index (χ4v) is 3.58. The molecule has 2 fully saturated rings. The Balaban J connectivity index is 1.54. The summed E-state index contributed by atoms with van der Waals surface area (Å²) in [5.41, 5.74) is 1.51. The molecule has 0 aliphatic carbocycles. The van der Waals surface area contributed by atoms with Crippen LogP contribution < -0.4 is 9.47 Å². The lowest BCUT2D eigenvalue weighted by atomic mass is 9.98. The van der Waals surface area contributed by atoms with Gasteiger partial charge < -0.3 is 18.9 Å². The molecule has 3 unspecified atom stereocenters. The molecule has 0 amide bonds. The second kappa shape index (κ2) is 7.38. The molecule has 2 aromatic carbocycles. The second-order valence-electron chi connectivity index (χ2n) is 6.69. The Hall–Kier alpha value is -2.53. The first-order valence-corrected chi connectivity index (χ1v) is 8.94. The molecule has 2 bridgehead atoms. The summed E-state index contributed by atoms with van der Waals surface area (Å²) >= 11 is 0. The van der Waals surface area contributed by atoms with E-state index >= 15 is 0 Å². The maximum absolute atomic E-state index is 11.9. The minimum Gasteiger partial charge on any atom is -0.485 e. The molecule has 2 aliphatic heterocycles. The average Bonchev–Trinajstić information content (AvgIpc) is 3.30. The highest BCUT2D eigenvalue weighted by Gasteiger charge is 2.42. The fourth-order valence-electron chi connectivity index (χ4n) is 3.58. The highest BCUT2D eigenvalue weighted by molar-refractivity contribution is 5.90. The molecule has 0 radical (unpaired) electrons. The number of hydrogen-bond donors (Lipinski definition) is 0.